The quantitative estimate of drug-likeness (QED) is 0.866. The molecular formula is C14H20N4O. The first kappa shape index (κ1) is 13.5. The Morgan fingerprint density at radius 1 is 1.42 bits per heavy atom. The molecule has 1 heterocycles. The van der Waals surface area contributed by atoms with Crippen LogP contribution in [0.2, 0.25) is 0 Å². The lowest BCUT2D eigenvalue weighted by Crippen LogP contribution is -2.43. The first-order chi connectivity index (χ1) is 9.00. The number of aromatic nitrogens is 2. The number of carbonyl (C=O) groups excluding carboxylic acids is 1. The van der Waals surface area contributed by atoms with E-state index in [2.05, 4.69) is 10.3 Å². The Bertz CT molecular complexity index is 588. The first-order valence-electron chi connectivity index (χ1n) is 6.44. The van der Waals surface area contributed by atoms with E-state index in [1.165, 1.54) is 0 Å². The molecule has 0 radical (unpaired) electrons. The summed E-state index contributed by atoms with van der Waals surface area (Å²) in [6.07, 6.45) is 0. The molecule has 0 saturated carbocycles. The third-order valence-electron chi connectivity index (χ3n) is 3.32. The van der Waals surface area contributed by atoms with E-state index < -0.39 is 6.04 Å². The van der Waals surface area contributed by atoms with Gasteiger partial charge in [-0.05, 0) is 18.1 Å². The summed E-state index contributed by atoms with van der Waals surface area (Å²) in [6.45, 7) is 4.25. The minimum Gasteiger partial charge on any atom is -0.348 e. The van der Waals surface area contributed by atoms with Gasteiger partial charge in [0.05, 0.1) is 23.6 Å². The molecule has 1 aromatic heterocycles. The van der Waals surface area contributed by atoms with E-state index in [9.17, 15) is 4.79 Å². The second-order valence-electron chi connectivity index (χ2n) is 5.06. The highest BCUT2D eigenvalue weighted by Crippen LogP contribution is 2.13. The summed E-state index contributed by atoms with van der Waals surface area (Å²) in [5.41, 5.74) is 7.79. The van der Waals surface area contributed by atoms with Gasteiger partial charge in [0, 0.05) is 7.05 Å². The van der Waals surface area contributed by atoms with E-state index in [-0.39, 0.29) is 11.8 Å². The zero-order chi connectivity index (χ0) is 14.0. The Morgan fingerprint density at radius 2 is 2.11 bits per heavy atom. The molecule has 0 aliphatic rings. The van der Waals surface area contributed by atoms with Crippen molar-refractivity contribution in [2.75, 3.05) is 0 Å². The SMILES string of the molecule is CC(C)[C@H](N)C(=O)NCc1nc2ccccc2n1C. The van der Waals surface area contributed by atoms with Crippen molar-refractivity contribution in [2.24, 2.45) is 18.7 Å². The van der Waals surface area contributed by atoms with E-state index in [1.54, 1.807) is 0 Å². The number of para-hydroxylation sites is 2. The van der Waals surface area contributed by atoms with Gasteiger partial charge in [0.2, 0.25) is 5.91 Å². The normalized spacial score (nSPS) is 12.9. The van der Waals surface area contributed by atoms with Crippen LogP contribution in [-0.2, 0) is 18.4 Å². The van der Waals surface area contributed by atoms with Crippen molar-refractivity contribution in [1.82, 2.24) is 14.9 Å². The molecule has 2 aromatic rings. The molecule has 1 atom stereocenters. The van der Waals surface area contributed by atoms with Crippen molar-refractivity contribution in [3.8, 4) is 0 Å². The second kappa shape index (κ2) is 5.40. The van der Waals surface area contributed by atoms with Gasteiger partial charge in [0.1, 0.15) is 5.82 Å². The van der Waals surface area contributed by atoms with Gasteiger partial charge < -0.3 is 15.6 Å². The number of carbonyl (C=O) groups is 1. The van der Waals surface area contributed by atoms with Gasteiger partial charge in [-0.15, -0.1) is 0 Å². The Labute approximate surface area is 112 Å². The highest BCUT2D eigenvalue weighted by atomic mass is 16.2. The molecule has 1 amide bonds. The average molecular weight is 260 g/mol. The van der Waals surface area contributed by atoms with Gasteiger partial charge in [-0.3, -0.25) is 4.79 Å². The topological polar surface area (TPSA) is 72.9 Å². The standard InChI is InChI=1S/C14H20N4O/c1-9(2)13(15)14(19)16-8-12-17-10-6-4-5-7-11(10)18(12)3/h4-7,9,13H,8,15H2,1-3H3,(H,16,19)/t13-/m0/s1. The summed E-state index contributed by atoms with van der Waals surface area (Å²) < 4.78 is 1.98. The van der Waals surface area contributed by atoms with Crippen LogP contribution in [0.1, 0.15) is 19.7 Å². The van der Waals surface area contributed by atoms with Crippen molar-refractivity contribution in [1.29, 1.82) is 0 Å². The molecule has 0 fully saturated rings. The van der Waals surface area contributed by atoms with Gasteiger partial charge in [-0.25, -0.2) is 4.98 Å². The summed E-state index contributed by atoms with van der Waals surface area (Å²) in [7, 11) is 1.94. The molecule has 19 heavy (non-hydrogen) atoms. The minimum absolute atomic E-state index is 0.125. The lowest BCUT2D eigenvalue weighted by atomic mass is 10.1. The van der Waals surface area contributed by atoms with E-state index in [1.807, 2.05) is 49.7 Å². The number of imidazole rings is 1. The van der Waals surface area contributed by atoms with Crippen LogP contribution >= 0.6 is 0 Å². The Balaban J connectivity index is 2.10. The van der Waals surface area contributed by atoms with Crippen LogP contribution in [0.5, 0.6) is 0 Å². The zero-order valence-electron chi connectivity index (χ0n) is 11.6. The first-order valence-corrected chi connectivity index (χ1v) is 6.44. The molecule has 5 heteroatoms. The summed E-state index contributed by atoms with van der Waals surface area (Å²) in [6, 6.07) is 7.41. The van der Waals surface area contributed by atoms with Gasteiger partial charge >= 0.3 is 0 Å². The Morgan fingerprint density at radius 3 is 2.74 bits per heavy atom. The maximum absolute atomic E-state index is 11.8. The number of nitrogens with one attached hydrogen (secondary N) is 1. The van der Waals surface area contributed by atoms with Crippen LogP contribution in [0.3, 0.4) is 0 Å². The number of rotatable bonds is 4. The van der Waals surface area contributed by atoms with Gasteiger partial charge in [-0.1, -0.05) is 26.0 Å². The van der Waals surface area contributed by atoms with Gasteiger partial charge in [0.15, 0.2) is 0 Å². The van der Waals surface area contributed by atoms with Crippen LogP contribution in [0.15, 0.2) is 24.3 Å². The van der Waals surface area contributed by atoms with E-state index in [0.717, 1.165) is 16.9 Å². The number of fused-ring (bicyclic) bond motifs is 1. The molecule has 0 saturated heterocycles. The fraction of sp³-hybridized carbons (Fsp3) is 0.429. The van der Waals surface area contributed by atoms with E-state index in [0.29, 0.717) is 6.54 Å². The number of hydrogen-bond acceptors (Lipinski definition) is 3. The molecular weight excluding hydrogens is 240 g/mol. The summed E-state index contributed by atoms with van der Waals surface area (Å²) in [4.78, 5) is 16.3. The van der Waals surface area contributed by atoms with Crippen molar-refractivity contribution in [3.05, 3.63) is 30.1 Å². The maximum atomic E-state index is 11.8. The highest BCUT2D eigenvalue weighted by molar-refractivity contribution is 5.82. The summed E-state index contributed by atoms with van der Waals surface area (Å²) in [5.74, 6) is 0.813. The monoisotopic (exact) mass is 260 g/mol. The minimum atomic E-state index is -0.477. The molecule has 0 spiro atoms. The summed E-state index contributed by atoms with van der Waals surface area (Å²) in [5, 5.41) is 2.83. The van der Waals surface area contributed by atoms with Crippen LogP contribution < -0.4 is 11.1 Å². The average Bonchev–Trinajstić information content (AvgIpc) is 2.72. The number of nitrogens with two attached hydrogens (primary N) is 1. The van der Waals surface area contributed by atoms with E-state index in [4.69, 9.17) is 5.73 Å². The highest BCUT2D eigenvalue weighted by Gasteiger charge is 2.17. The lowest BCUT2D eigenvalue weighted by Gasteiger charge is -2.15. The third kappa shape index (κ3) is 2.76. The number of nitrogens with zero attached hydrogens (tertiary/aromatic N) is 2. The van der Waals surface area contributed by atoms with Crippen molar-refractivity contribution >= 4 is 16.9 Å². The third-order valence-corrected chi connectivity index (χ3v) is 3.32. The maximum Gasteiger partial charge on any atom is 0.237 e. The van der Waals surface area contributed by atoms with Gasteiger partial charge in [-0.2, -0.15) is 0 Å². The zero-order valence-corrected chi connectivity index (χ0v) is 11.6. The number of aryl methyl sites for hydroxylation is 1. The van der Waals surface area contributed by atoms with Crippen molar-refractivity contribution in [2.45, 2.75) is 26.4 Å². The number of hydrogen-bond donors (Lipinski definition) is 2. The largest absolute Gasteiger partial charge is 0.348 e. The van der Waals surface area contributed by atoms with Crippen LogP contribution in [-0.4, -0.2) is 21.5 Å². The molecule has 3 N–H and O–H groups in total. The van der Waals surface area contributed by atoms with Gasteiger partial charge in [0.25, 0.3) is 0 Å². The Kier molecular flexibility index (Phi) is 3.85. The molecule has 5 nitrogen and oxygen atoms in total. The molecule has 0 aliphatic carbocycles. The van der Waals surface area contributed by atoms with Crippen LogP contribution in [0.25, 0.3) is 11.0 Å². The summed E-state index contributed by atoms with van der Waals surface area (Å²) >= 11 is 0. The lowest BCUT2D eigenvalue weighted by molar-refractivity contribution is -0.123. The van der Waals surface area contributed by atoms with E-state index >= 15 is 0 Å². The predicted molar refractivity (Wildman–Crippen MR) is 75.4 cm³/mol. The molecule has 0 aliphatic heterocycles. The number of amides is 1. The Hall–Kier alpha value is -1.88. The fourth-order valence-electron chi connectivity index (χ4n) is 1.94. The predicted octanol–water partition coefficient (Wildman–Crippen LogP) is 1.17. The fourth-order valence-corrected chi connectivity index (χ4v) is 1.94. The molecule has 0 bridgehead atoms. The smallest absolute Gasteiger partial charge is 0.237 e. The molecule has 1 aromatic carbocycles. The molecule has 102 valence electrons. The van der Waals surface area contributed by atoms with Crippen LogP contribution in [0.4, 0.5) is 0 Å². The second-order valence-corrected chi connectivity index (χ2v) is 5.06. The van der Waals surface area contributed by atoms with Crippen molar-refractivity contribution < 1.29 is 4.79 Å². The molecule has 0 unspecified atom stereocenters. The number of benzene rings is 1. The van der Waals surface area contributed by atoms with Crippen LogP contribution in [0, 0.1) is 5.92 Å². The molecule has 2 rings (SSSR count). The van der Waals surface area contributed by atoms with Crippen molar-refractivity contribution in [3.63, 3.8) is 0 Å².